The topological polar surface area (TPSA) is 59.4 Å². The molecule has 1 heterocycles. The van der Waals surface area contributed by atoms with Crippen LogP contribution in [0, 0.1) is 13.8 Å². The molecule has 1 N–H and O–H groups in total. The SMILES string of the molecule is COc1cnc(-c2ccc(C)c(C)c2)cc1C(=O)O. The van der Waals surface area contributed by atoms with E-state index in [-0.39, 0.29) is 11.3 Å². The molecule has 0 fully saturated rings. The predicted molar refractivity (Wildman–Crippen MR) is 72.7 cm³/mol. The molecule has 1 aromatic carbocycles. The zero-order valence-corrected chi connectivity index (χ0v) is 11.1. The lowest BCUT2D eigenvalue weighted by Crippen LogP contribution is -2.02. The lowest BCUT2D eigenvalue weighted by atomic mass is 10.0. The minimum Gasteiger partial charge on any atom is -0.494 e. The molecule has 4 nitrogen and oxygen atoms in total. The summed E-state index contributed by atoms with van der Waals surface area (Å²) in [5.74, 6) is -0.760. The molecule has 0 saturated carbocycles. The second-order valence-electron chi connectivity index (χ2n) is 4.37. The highest BCUT2D eigenvalue weighted by Gasteiger charge is 2.13. The first-order valence-corrected chi connectivity index (χ1v) is 5.88. The molecule has 0 unspecified atom stereocenters. The Morgan fingerprint density at radius 2 is 1.95 bits per heavy atom. The summed E-state index contributed by atoms with van der Waals surface area (Å²) in [6, 6.07) is 7.46. The van der Waals surface area contributed by atoms with Gasteiger partial charge in [-0.05, 0) is 37.1 Å². The number of aromatic carboxylic acids is 1. The number of carbonyl (C=O) groups is 1. The van der Waals surface area contributed by atoms with E-state index in [1.54, 1.807) is 0 Å². The third-order valence-corrected chi connectivity index (χ3v) is 3.12. The average Bonchev–Trinajstić information content (AvgIpc) is 2.41. The van der Waals surface area contributed by atoms with Crippen LogP contribution in [0.1, 0.15) is 21.5 Å². The number of rotatable bonds is 3. The Kier molecular flexibility index (Phi) is 3.51. The van der Waals surface area contributed by atoms with Gasteiger partial charge >= 0.3 is 5.97 Å². The summed E-state index contributed by atoms with van der Waals surface area (Å²) in [5.41, 5.74) is 3.97. The molecule has 0 aliphatic heterocycles. The summed E-state index contributed by atoms with van der Waals surface area (Å²) in [5, 5.41) is 9.16. The van der Waals surface area contributed by atoms with Crippen LogP contribution in [0.3, 0.4) is 0 Å². The number of ether oxygens (including phenoxy) is 1. The van der Waals surface area contributed by atoms with Crippen molar-refractivity contribution >= 4 is 5.97 Å². The van der Waals surface area contributed by atoms with E-state index < -0.39 is 5.97 Å². The van der Waals surface area contributed by atoms with Crippen LogP contribution in [-0.2, 0) is 0 Å². The maximum Gasteiger partial charge on any atom is 0.339 e. The molecule has 2 aromatic rings. The monoisotopic (exact) mass is 257 g/mol. The molecule has 98 valence electrons. The number of nitrogens with zero attached hydrogens (tertiary/aromatic N) is 1. The summed E-state index contributed by atoms with van der Waals surface area (Å²) in [4.78, 5) is 15.4. The fraction of sp³-hybridized carbons (Fsp3) is 0.200. The van der Waals surface area contributed by atoms with E-state index in [4.69, 9.17) is 9.84 Å². The zero-order chi connectivity index (χ0) is 14.0. The maximum atomic E-state index is 11.2. The first-order chi connectivity index (χ1) is 9.02. The Morgan fingerprint density at radius 3 is 2.53 bits per heavy atom. The van der Waals surface area contributed by atoms with Crippen molar-refractivity contribution in [1.29, 1.82) is 0 Å². The highest BCUT2D eigenvalue weighted by atomic mass is 16.5. The van der Waals surface area contributed by atoms with Crippen molar-refractivity contribution in [3.63, 3.8) is 0 Å². The summed E-state index contributed by atoms with van der Waals surface area (Å²) in [6.07, 6.45) is 1.44. The molecule has 1 aromatic heterocycles. The first kappa shape index (κ1) is 13.1. The number of benzene rings is 1. The van der Waals surface area contributed by atoms with Gasteiger partial charge in [-0.15, -0.1) is 0 Å². The fourth-order valence-electron chi connectivity index (χ4n) is 1.83. The third kappa shape index (κ3) is 2.57. The van der Waals surface area contributed by atoms with E-state index in [0.29, 0.717) is 5.69 Å². The number of aromatic nitrogens is 1. The minimum absolute atomic E-state index is 0.116. The average molecular weight is 257 g/mol. The molecule has 0 aliphatic rings. The number of aryl methyl sites for hydroxylation is 2. The van der Waals surface area contributed by atoms with E-state index in [0.717, 1.165) is 11.1 Å². The molecule has 0 atom stereocenters. The van der Waals surface area contributed by atoms with Crippen molar-refractivity contribution < 1.29 is 14.6 Å². The highest BCUT2D eigenvalue weighted by molar-refractivity contribution is 5.92. The Balaban J connectivity index is 2.53. The van der Waals surface area contributed by atoms with Crippen LogP contribution >= 0.6 is 0 Å². The van der Waals surface area contributed by atoms with E-state index >= 15 is 0 Å². The van der Waals surface area contributed by atoms with Crippen LogP contribution in [0.4, 0.5) is 0 Å². The van der Waals surface area contributed by atoms with Gasteiger partial charge in [0.15, 0.2) is 5.75 Å². The Morgan fingerprint density at radius 1 is 1.21 bits per heavy atom. The number of hydrogen-bond donors (Lipinski definition) is 1. The lowest BCUT2D eigenvalue weighted by Gasteiger charge is -2.08. The van der Waals surface area contributed by atoms with Crippen molar-refractivity contribution in [3.05, 3.63) is 47.2 Å². The quantitative estimate of drug-likeness (QED) is 0.918. The molecule has 0 radical (unpaired) electrons. The summed E-state index contributed by atoms with van der Waals surface area (Å²) < 4.78 is 5.00. The summed E-state index contributed by atoms with van der Waals surface area (Å²) >= 11 is 0. The normalized spacial score (nSPS) is 10.3. The first-order valence-electron chi connectivity index (χ1n) is 5.88. The van der Waals surface area contributed by atoms with Gasteiger partial charge in [0.2, 0.25) is 0 Å². The maximum absolute atomic E-state index is 11.2. The summed E-state index contributed by atoms with van der Waals surface area (Å²) in [6.45, 7) is 4.05. The summed E-state index contributed by atoms with van der Waals surface area (Å²) in [7, 11) is 1.43. The van der Waals surface area contributed by atoms with Gasteiger partial charge in [-0.2, -0.15) is 0 Å². The van der Waals surface area contributed by atoms with Crippen molar-refractivity contribution in [2.24, 2.45) is 0 Å². The number of methoxy groups -OCH3 is 1. The Labute approximate surface area is 111 Å². The molecule has 0 bridgehead atoms. The number of carboxylic acids is 1. The van der Waals surface area contributed by atoms with Crippen LogP contribution < -0.4 is 4.74 Å². The van der Waals surface area contributed by atoms with Gasteiger partial charge in [0.1, 0.15) is 5.56 Å². The van der Waals surface area contributed by atoms with Crippen molar-refractivity contribution in [1.82, 2.24) is 4.98 Å². The molecular formula is C15H15NO3. The second kappa shape index (κ2) is 5.10. The molecule has 0 spiro atoms. The van der Waals surface area contributed by atoms with Gasteiger partial charge in [0.25, 0.3) is 0 Å². The van der Waals surface area contributed by atoms with Crippen molar-refractivity contribution in [3.8, 4) is 17.0 Å². The molecule has 0 saturated heterocycles. The van der Waals surface area contributed by atoms with Gasteiger partial charge < -0.3 is 9.84 Å². The fourth-order valence-corrected chi connectivity index (χ4v) is 1.83. The van der Waals surface area contributed by atoms with Gasteiger partial charge in [0, 0.05) is 5.56 Å². The van der Waals surface area contributed by atoms with E-state index in [1.165, 1.54) is 24.9 Å². The molecule has 4 heteroatoms. The Bertz CT molecular complexity index is 635. The number of pyridine rings is 1. The molecular weight excluding hydrogens is 242 g/mol. The van der Waals surface area contributed by atoms with Gasteiger partial charge in [-0.3, -0.25) is 4.98 Å². The van der Waals surface area contributed by atoms with Crippen LogP contribution in [-0.4, -0.2) is 23.2 Å². The molecule has 19 heavy (non-hydrogen) atoms. The van der Waals surface area contributed by atoms with E-state index in [9.17, 15) is 4.79 Å². The molecule has 0 aliphatic carbocycles. The largest absolute Gasteiger partial charge is 0.494 e. The van der Waals surface area contributed by atoms with Crippen LogP contribution in [0.25, 0.3) is 11.3 Å². The lowest BCUT2D eigenvalue weighted by molar-refractivity contribution is 0.0693. The van der Waals surface area contributed by atoms with Crippen LogP contribution in [0.5, 0.6) is 5.75 Å². The van der Waals surface area contributed by atoms with Gasteiger partial charge in [0.05, 0.1) is 19.0 Å². The van der Waals surface area contributed by atoms with E-state index in [2.05, 4.69) is 4.98 Å². The third-order valence-electron chi connectivity index (χ3n) is 3.12. The number of hydrogen-bond acceptors (Lipinski definition) is 3. The van der Waals surface area contributed by atoms with Crippen molar-refractivity contribution in [2.45, 2.75) is 13.8 Å². The van der Waals surface area contributed by atoms with Gasteiger partial charge in [-0.25, -0.2) is 4.79 Å². The Hall–Kier alpha value is -2.36. The molecule has 2 rings (SSSR count). The molecule has 0 amide bonds. The second-order valence-corrected chi connectivity index (χ2v) is 4.37. The van der Waals surface area contributed by atoms with Crippen LogP contribution in [0.15, 0.2) is 30.5 Å². The van der Waals surface area contributed by atoms with E-state index in [1.807, 2.05) is 32.0 Å². The minimum atomic E-state index is -1.02. The zero-order valence-electron chi connectivity index (χ0n) is 11.1. The standard InChI is InChI=1S/C15H15NO3/c1-9-4-5-11(6-10(9)2)13-7-12(15(17)18)14(19-3)8-16-13/h4-8H,1-3H3,(H,17,18). The van der Waals surface area contributed by atoms with Crippen molar-refractivity contribution in [2.75, 3.05) is 7.11 Å². The highest BCUT2D eigenvalue weighted by Crippen LogP contribution is 2.25. The smallest absolute Gasteiger partial charge is 0.339 e. The number of carboxylic acid groups (broad SMARTS) is 1. The van der Waals surface area contributed by atoms with Gasteiger partial charge in [-0.1, -0.05) is 12.1 Å². The van der Waals surface area contributed by atoms with Crippen LogP contribution in [0.2, 0.25) is 0 Å². The predicted octanol–water partition coefficient (Wildman–Crippen LogP) is 3.07.